The third-order valence-electron chi connectivity index (χ3n) is 5.41. The summed E-state index contributed by atoms with van der Waals surface area (Å²) in [5, 5.41) is 1.05. The number of pyridine rings is 1. The van der Waals surface area contributed by atoms with Gasteiger partial charge in [0, 0.05) is 25.0 Å². The molecule has 0 spiro atoms. The highest BCUT2D eigenvalue weighted by Gasteiger charge is 2.41. The maximum atomic E-state index is 13.2. The molecule has 2 aliphatic rings. The van der Waals surface area contributed by atoms with E-state index in [0.717, 1.165) is 47.4 Å². The molecule has 0 radical (unpaired) electrons. The van der Waals surface area contributed by atoms with Crippen molar-refractivity contribution in [1.29, 1.82) is 0 Å². The molecule has 1 amide bonds. The zero-order valence-corrected chi connectivity index (χ0v) is 14.5. The van der Waals surface area contributed by atoms with Crippen molar-refractivity contribution in [3.05, 3.63) is 41.1 Å². The number of carbonyl (C=O) groups is 1. The molecule has 0 saturated carbocycles. The predicted molar refractivity (Wildman–Crippen MR) is 93.3 cm³/mol. The number of amides is 1. The molecule has 0 bridgehead atoms. The van der Waals surface area contributed by atoms with Gasteiger partial charge in [-0.3, -0.25) is 14.7 Å². The number of likely N-dealkylation sites (N-methyl/N-ethyl adjacent to an activating group) is 1. The van der Waals surface area contributed by atoms with Crippen LogP contribution in [0.3, 0.4) is 0 Å². The van der Waals surface area contributed by atoms with Crippen molar-refractivity contribution in [2.24, 2.45) is 0 Å². The Hall–Kier alpha value is -1.98. The lowest BCUT2D eigenvalue weighted by Gasteiger charge is -2.33. The first kappa shape index (κ1) is 15.5. The zero-order chi connectivity index (χ0) is 16.8. The van der Waals surface area contributed by atoms with Crippen molar-refractivity contribution in [3.63, 3.8) is 0 Å². The molecule has 126 valence electrons. The SMILES string of the molecule is Cc1nc2ccccc2c(C)c1C(=O)N1C[C@H]2OCCN(C)[C@H]2C1. The Bertz CT molecular complexity index is 805. The molecular weight excluding hydrogens is 302 g/mol. The highest BCUT2D eigenvalue weighted by atomic mass is 16.5. The van der Waals surface area contributed by atoms with Crippen LogP contribution in [0.15, 0.2) is 24.3 Å². The zero-order valence-electron chi connectivity index (χ0n) is 14.5. The molecule has 24 heavy (non-hydrogen) atoms. The number of ether oxygens (including phenoxy) is 1. The number of likely N-dealkylation sites (tertiary alicyclic amines) is 1. The molecule has 1 aromatic carbocycles. The molecule has 0 unspecified atom stereocenters. The van der Waals surface area contributed by atoms with E-state index in [2.05, 4.69) is 16.9 Å². The lowest BCUT2D eigenvalue weighted by molar-refractivity contribution is -0.0368. The first-order valence-corrected chi connectivity index (χ1v) is 8.53. The van der Waals surface area contributed by atoms with E-state index in [-0.39, 0.29) is 12.0 Å². The lowest BCUT2D eigenvalue weighted by Crippen LogP contribution is -2.48. The molecule has 4 rings (SSSR count). The van der Waals surface area contributed by atoms with Crippen molar-refractivity contribution in [1.82, 2.24) is 14.8 Å². The molecular formula is C19H23N3O2. The largest absolute Gasteiger partial charge is 0.373 e. The third kappa shape index (κ3) is 2.39. The van der Waals surface area contributed by atoms with Crippen molar-refractivity contribution in [2.75, 3.05) is 33.3 Å². The van der Waals surface area contributed by atoms with Gasteiger partial charge in [-0.05, 0) is 32.5 Å². The molecule has 5 heteroatoms. The Balaban J connectivity index is 1.69. The summed E-state index contributed by atoms with van der Waals surface area (Å²) in [5.41, 5.74) is 3.52. The van der Waals surface area contributed by atoms with Gasteiger partial charge < -0.3 is 9.64 Å². The number of hydrogen-bond acceptors (Lipinski definition) is 4. The van der Waals surface area contributed by atoms with Gasteiger partial charge in [-0.15, -0.1) is 0 Å². The number of aromatic nitrogens is 1. The van der Waals surface area contributed by atoms with E-state index < -0.39 is 0 Å². The van der Waals surface area contributed by atoms with Gasteiger partial charge in [0.1, 0.15) is 0 Å². The van der Waals surface area contributed by atoms with Crippen molar-refractivity contribution < 1.29 is 9.53 Å². The van der Waals surface area contributed by atoms with Crippen LogP contribution in [0, 0.1) is 13.8 Å². The quantitative estimate of drug-likeness (QED) is 0.805. The number of fused-ring (bicyclic) bond motifs is 2. The first-order valence-electron chi connectivity index (χ1n) is 8.53. The Kier molecular flexibility index (Phi) is 3.77. The number of benzene rings is 1. The Morgan fingerprint density at radius 3 is 2.83 bits per heavy atom. The summed E-state index contributed by atoms with van der Waals surface area (Å²) < 4.78 is 5.87. The lowest BCUT2D eigenvalue weighted by atomic mass is 10.0. The summed E-state index contributed by atoms with van der Waals surface area (Å²) >= 11 is 0. The van der Waals surface area contributed by atoms with Crippen molar-refractivity contribution in [3.8, 4) is 0 Å². The monoisotopic (exact) mass is 325 g/mol. The molecule has 0 aliphatic carbocycles. The molecule has 0 N–H and O–H groups in total. The molecule has 2 atom stereocenters. The summed E-state index contributed by atoms with van der Waals surface area (Å²) in [4.78, 5) is 22.1. The fourth-order valence-electron chi connectivity index (χ4n) is 4.03. The minimum Gasteiger partial charge on any atom is -0.373 e. The molecule has 5 nitrogen and oxygen atoms in total. The number of carbonyl (C=O) groups excluding carboxylic acids is 1. The smallest absolute Gasteiger partial charge is 0.256 e. The van der Waals surface area contributed by atoms with Crippen LogP contribution in [0.4, 0.5) is 0 Å². The van der Waals surface area contributed by atoms with Crippen LogP contribution < -0.4 is 0 Å². The number of rotatable bonds is 1. The molecule has 2 aliphatic heterocycles. The molecule has 2 aromatic rings. The summed E-state index contributed by atoms with van der Waals surface area (Å²) in [6.07, 6.45) is 0.127. The van der Waals surface area contributed by atoms with Gasteiger partial charge in [0.05, 0.1) is 35.5 Å². The minimum atomic E-state index is 0.0784. The second kappa shape index (κ2) is 5.83. The summed E-state index contributed by atoms with van der Waals surface area (Å²) in [6, 6.07) is 8.31. The number of nitrogens with zero attached hydrogens (tertiary/aromatic N) is 3. The van der Waals surface area contributed by atoms with Crippen LogP contribution in [0.1, 0.15) is 21.6 Å². The van der Waals surface area contributed by atoms with Crippen LogP contribution in [0.2, 0.25) is 0 Å². The van der Waals surface area contributed by atoms with Crippen LogP contribution in [0.25, 0.3) is 10.9 Å². The number of morpholine rings is 1. The highest BCUT2D eigenvalue weighted by Crippen LogP contribution is 2.27. The van der Waals surface area contributed by atoms with E-state index in [1.807, 2.05) is 43.0 Å². The van der Waals surface area contributed by atoms with Gasteiger partial charge in [0.15, 0.2) is 0 Å². The standard InChI is InChI=1S/C19H23N3O2/c1-12-14-6-4-5-7-15(14)20-13(2)18(12)19(23)22-10-16-17(11-22)24-9-8-21(16)3/h4-7,16-17H,8-11H2,1-3H3/t16-,17+/m0/s1. The molecule has 2 saturated heterocycles. The normalized spacial score (nSPS) is 24.4. The topological polar surface area (TPSA) is 45.7 Å². The van der Waals surface area contributed by atoms with Gasteiger partial charge in [-0.25, -0.2) is 0 Å². The van der Waals surface area contributed by atoms with Crippen LogP contribution in [0.5, 0.6) is 0 Å². The summed E-state index contributed by atoms with van der Waals surface area (Å²) in [5.74, 6) is 0.0784. The highest BCUT2D eigenvalue weighted by molar-refractivity contribution is 6.01. The van der Waals surface area contributed by atoms with Crippen molar-refractivity contribution >= 4 is 16.8 Å². The fourth-order valence-corrected chi connectivity index (χ4v) is 4.03. The Morgan fingerprint density at radius 1 is 1.25 bits per heavy atom. The molecule has 2 fully saturated rings. The van der Waals surface area contributed by atoms with Gasteiger partial charge in [-0.2, -0.15) is 0 Å². The molecule has 3 heterocycles. The predicted octanol–water partition coefficient (Wildman–Crippen LogP) is 2.01. The number of para-hydroxylation sites is 1. The fraction of sp³-hybridized carbons (Fsp3) is 0.474. The van der Waals surface area contributed by atoms with Gasteiger partial charge in [0.2, 0.25) is 0 Å². The van der Waals surface area contributed by atoms with Crippen LogP contribution >= 0.6 is 0 Å². The molecule has 1 aromatic heterocycles. The number of aryl methyl sites for hydroxylation is 2. The van der Waals surface area contributed by atoms with E-state index in [4.69, 9.17) is 4.74 Å². The van der Waals surface area contributed by atoms with Gasteiger partial charge in [0.25, 0.3) is 5.91 Å². The van der Waals surface area contributed by atoms with E-state index in [1.165, 1.54) is 0 Å². The second-order valence-corrected chi connectivity index (χ2v) is 6.88. The Morgan fingerprint density at radius 2 is 2.04 bits per heavy atom. The van der Waals surface area contributed by atoms with E-state index >= 15 is 0 Å². The Labute approximate surface area is 142 Å². The van der Waals surface area contributed by atoms with Gasteiger partial charge in [-0.1, -0.05) is 18.2 Å². The minimum absolute atomic E-state index is 0.0784. The van der Waals surface area contributed by atoms with Crippen LogP contribution in [-0.2, 0) is 4.74 Å². The average molecular weight is 325 g/mol. The average Bonchev–Trinajstić information content (AvgIpc) is 3.00. The van der Waals surface area contributed by atoms with E-state index in [0.29, 0.717) is 12.6 Å². The first-order chi connectivity index (χ1) is 11.6. The summed E-state index contributed by atoms with van der Waals surface area (Å²) in [6.45, 7) is 7.02. The number of hydrogen-bond donors (Lipinski definition) is 0. The maximum absolute atomic E-state index is 13.2. The summed E-state index contributed by atoms with van der Waals surface area (Å²) in [7, 11) is 2.11. The van der Waals surface area contributed by atoms with E-state index in [9.17, 15) is 4.79 Å². The second-order valence-electron chi connectivity index (χ2n) is 6.88. The third-order valence-corrected chi connectivity index (χ3v) is 5.41. The van der Waals surface area contributed by atoms with Gasteiger partial charge >= 0.3 is 0 Å². The van der Waals surface area contributed by atoms with Crippen LogP contribution in [-0.4, -0.2) is 66.1 Å². The van der Waals surface area contributed by atoms with E-state index in [1.54, 1.807) is 0 Å². The maximum Gasteiger partial charge on any atom is 0.256 e. The van der Waals surface area contributed by atoms with Crippen molar-refractivity contribution in [2.45, 2.75) is 26.0 Å².